The van der Waals surface area contributed by atoms with Crippen molar-refractivity contribution < 1.29 is 14.4 Å². The van der Waals surface area contributed by atoms with E-state index in [1.807, 2.05) is 6.07 Å². The van der Waals surface area contributed by atoms with Gasteiger partial charge in [0.2, 0.25) is 5.91 Å². The SMILES string of the molecule is N#Cc1ccccc1NC(=O)CN1C(=O)NC2(CCN(C/N=C\C=C/N)CC2)C1=O. The number of nitriles is 1. The number of carbonyl (C=O) groups excluding carboxylic acids is 3. The van der Waals surface area contributed by atoms with Crippen molar-refractivity contribution in [2.45, 2.75) is 18.4 Å². The molecule has 1 aromatic rings. The molecule has 0 aliphatic carbocycles. The van der Waals surface area contributed by atoms with Gasteiger partial charge >= 0.3 is 6.03 Å². The van der Waals surface area contributed by atoms with Crippen molar-refractivity contribution in [1.29, 1.82) is 5.26 Å². The minimum Gasteiger partial charge on any atom is -0.405 e. The maximum absolute atomic E-state index is 12.9. The number of amides is 4. The summed E-state index contributed by atoms with van der Waals surface area (Å²) in [6, 6.07) is 7.93. The molecule has 4 amide bonds. The molecule has 10 nitrogen and oxygen atoms in total. The zero-order chi connectivity index (χ0) is 21.6. The highest BCUT2D eigenvalue weighted by atomic mass is 16.2. The maximum atomic E-state index is 12.9. The van der Waals surface area contributed by atoms with Gasteiger partial charge in [0.1, 0.15) is 18.2 Å². The lowest BCUT2D eigenvalue weighted by Gasteiger charge is -2.36. The summed E-state index contributed by atoms with van der Waals surface area (Å²) < 4.78 is 0. The van der Waals surface area contributed by atoms with Gasteiger partial charge in [-0.2, -0.15) is 5.26 Å². The number of para-hydroxylation sites is 1. The van der Waals surface area contributed by atoms with Crippen LogP contribution in [0.2, 0.25) is 0 Å². The molecule has 1 aromatic carbocycles. The van der Waals surface area contributed by atoms with Crippen LogP contribution in [0.5, 0.6) is 0 Å². The molecule has 2 aliphatic heterocycles. The first-order valence-electron chi connectivity index (χ1n) is 9.51. The third-order valence-electron chi connectivity index (χ3n) is 5.16. The minimum absolute atomic E-state index is 0.302. The van der Waals surface area contributed by atoms with E-state index < -0.39 is 29.9 Å². The summed E-state index contributed by atoms with van der Waals surface area (Å²) in [6.45, 7) is 1.25. The molecule has 1 spiro atoms. The lowest BCUT2D eigenvalue weighted by atomic mass is 9.87. The van der Waals surface area contributed by atoms with Gasteiger partial charge in [0, 0.05) is 19.3 Å². The summed E-state index contributed by atoms with van der Waals surface area (Å²) >= 11 is 0. The number of hydrogen-bond acceptors (Lipinski definition) is 7. The summed E-state index contributed by atoms with van der Waals surface area (Å²) in [5.41, 5.74) is 4.90. The average Bonchev–Trinajstić information content (AvgIpc) is 2.97. The van der Waals surface area contributed by atoms with Crippen LogP contribution in [0.1, 0.15) is 18.4 Å². The van der Waals surface area contributed by atoms with Crippen LogP contribution >= 0.6 is 0 Å². The lowest BCUT2D eigenvalue weighted by Crippen LogP contribution is -2.55. The molecule has 0 bridgehead atoms. The molecule has 30 heavy (non-hydrogen) atoms. The highest BCUT2D eigenvalue weighted by molar-refractivity contribution is 6.10. The number of urea groups is 1. The van der Waals surface area contributed by atoms with Crippen LogP contribution in [-0.2, 0) is 9.59 Å². The zero-order valence-electron chi connectivity index (χ0n) is 16.4. The number of nitrogens with zero attached hydrogens (tertiary/aromatic N) is 4. The standard InChI is InChI=1S/C20H23N7O3/c21-8-3-9-23-14-26-10-6-20(7-11-26)18(29)27(19(30)25-20)13-17(28)24-16-5-2-1-4-15(16)12-22/h1-5,8-9H,6-7,10-11,13-14,21H2,(H,24,28)(H,25,30)/b8-3-,23-9-. The van der Waals surface area contributed by atoms with Crippen LogP contribution in [0.25, 0.3) is 0 Å². The fourth-order valence-corrected chi connectivity index (χ4v) is 3.53. The number of anilines is 1. The highest BCUT2D eigenvalue weighted by Crippen LogP contribution is 2.29. The smallest absolute Gasteiger partial charge is 0.325 e. The topological polar surface area (TPSA) is 144 Å². The normalized spacial score (nSPS) is 18.8. The van der Waals surface area contributed by atoms with E-state index in [2.05, 4.69) is 20.5 Å². The van der Waals surface area contributed by atoms with Gasteiger partial charge in [-0.05, 0) is 37.3 Å². The lowest BCUT2D eigenvalue weighted by molar-refractivity contribution is -0.135. The number of hydrogen-bond donors (Lipinski definition) is 3. The largest absolute Gasteiger partial charge is 0.405 e. The van der Waals surface area contributed by atoms with E-state index in [1.54, 1.807) is 36.6 Å². The van der Waals surface area contributed by atoms with Gasteiger partial charge in [-0.25, -0.2) is 4.79 Å². The van der Waals surface area contributed by atoms with Crippen molar-refractivity contribution in [3.05, 3.63) is 42.1 Å². The van der Waals surface area contributed by atoms with E-state index in [0.29, 0.717) is 43.9 Å². The third-order valence-corrected chi connectivity index (χ3v) is 5.16. The summed E-state index contributed by atoms with van der Waals surface area (Å²) in [5.74, 6) is -0.941. The van der Waals surface area contributed by atoms with E-state index in [0.717, 1.165) is 4.90 Å². The second kappa shape index (κ2) is 9.19. The Morgan fingerprint density at radius 2 is 2.07 bits per heavy atom. The van der Waals surface area contributed by atoms with Gasteiger partial charge in [-0.1, -0.05) is 12.1 Å². The first kappa shape index (κ1) is 21.0. The van der Waals surface area contributed by atoms with Gasteiger partial charge in [-0.15, -0.1) is 0 Å². The molecule has 4 N–H and O–H groups in total. The van der Waals surface area contributed by atoms with Crippen LogP contribution < -0.4 is 16.4 Å². The monoisotopic (exact) mass is 409 g/mol. The van der Waals surface area contributed by atoms with Gasteiger partial charge in [0.05, 0.1) is 17.9 Å². The van der Waals surface area contributed by atoms with E-state index in [1.165, 1.54) is 6.20 Å². The molecule has 156 valence electrons. The summed E-state index contributed by atoms with van der Waals surface area (Å²) in [7, 11) is 0. The number of piperidine rings is 1. The quantitative estimate of drug-likeness (QED) is 0.458. The first-order chi connectivity index (χ1) is 14.5. The highest BCUT2D eigenvalue weighted by Gasteiger charge is 2.52. The fraction of sp³-hybridized carbons (Fsp3) is 0.350. The van der Waals surface area contributed by atoms with Crippen molar-refractivity contribution in [2.75, 3.05) is 31.6 Å². The van der Waals surface area contributed by atoms with Crippen molar-refractivity contribution in [3.63, 3.8) is 0 Å². The molecule has 3 rings (SSSR count). The summed E-state index contributed by atoms with van der Waals surface area (Å²) in [4.78, 5) is 45.0. The van der Waals surface area contributed by atoms with Crippen LogP contribution in [0.4, 0.5) is 10.5 Å². The van der Waals surface area contributed by atoms with Crippen molar-refractivity contribution in [2.24, 2.45) is 10.7 Å². The van der Waals surface area contributed by atoms with Crippen LogP contribution in [0.15, 0.2) is 41.5 Å². The zero-order valence-corrected chi connectivity index (χ0v) is 16.4. The third kappa shape index (κ3) is 4.47. The molecule has 2 heterocycles. The Kier molecular flexibility index (Phi) is 6.44. The molecule has 0 atom stereocenters. The Bertz CT molecular complexity index is 927. The summed E-state index contributed by atoms with van der Waals surface area (Å²) in [5, 5.41) is 14.5. The minimum atomic E-state index is -0.987. The number of allylic oxidation sites excluding steroid dienone is 1. The average molecular weight is 409 g/mol. The van der Waals surface area contributed by atoms with Gasteiger partial charge in [-0.3, -0.25) is 24.4 Å². The first-order valence-corrected chi connectivity index (χ1v) is 9.51. The van der Waals surface area contributed by atoms with Gasteiger partial charge < -0.3 is 16.4 Å². The predicted molar refractivity (Wildman–Crippen MR) is 110 cm³/mol. The van der Waals surface area contributed by atoms with Gasteiger partial charge in [0.15, 0.2) is 0 Å². The van der Waals surface area contributed by atoms with Crippen molar-refractivity contribution >= 4 is 29.7 Å². The molecule has 0 unspecified atom stereocenters. The summed E-state index contributed by atoms with van der Waals surface area (Å²) in [6.07, 6.45) is 5.51. The Hall–Kier alpha value is -3.71. The van der Waals surface area contributed by atoms with Crippen molar-refractivity contribution in [3.8, 4) is 6.07 Å². The second-order valence-electron chi connectivity index (χ2n) is 7.09. The molecule has 2 fully saturated rings. The van der Waals surface area contributed by atoms with Gasteiger partial charge in [0.25, 0.3) is 5.91 Å². The second-order valence-corrected chi connectivity index (χ2v) is 7.09. The number of nitrogens with two attached hydrogens (primary N) is 1. The molecule has 10 heteroatoms. The number of likely N-dealkylation sites (tertiary alicyclic amines) is 1. The van der Waals surface area contributed by atoms with E-state index in [-0.39, 0.29) is 0 Å². The number of aliphatic imine (C=N–C) groups is 1. The van der Waals surface area contributed by atoms with E-state index >= 15 is 0 Å². The van der Waals surface area contributed by atoms with Crippen molar-refractivity contribution in [1.82, 2.24) is 15.1 Å². The van der Waals surface area contributed by atoms with E-state index in [4.69, 9.17) is 11.0 Å². The van der Waals surface area contributed by atoms with Crippen LogP contribution in [-0.4, -0.2) is 65.7 Å². The molecule has 2 aliphatic rings. The number of rotatable bonds is 6. The molecular formula is C20H23N7O3. The fourth-order valence-electron chi connectivity index (χ4n) is 3.53. The Labute approximate surface area is 174 Å². The molecule has 0 radical (unpaired) electrons. The number of carbonyl (C=O) groups is 3. The van der Waals surface area contributed by atoms with Crippen LogP contribution in [0, 0.1) is 11.3 Å². The predicted octanol–water partition coefficient (Wildman–Crippen LogP) is 0.384. The number of nitrogens with one attached hydrogen (secondary N) is 2. The van der Waals surface area contributed by atoms with E-state index in [9.17, 15) is 14.4 Å². The maximum Gasteiger partial charge on any atom is 0.325 e. The Balaban J connectivity index is 1.59. The number of imide groups is 1. The number of benzene rings is 1. The molecule has 0 aromatic heterocycles. The Morgan fingerprint density at radius 3 is 2.77 bits per heavy atom. The van der Waals surface area contributed by atoms with Crippen LogP contribution in [0.3, 0.4) is 0 Å². The molecular weight excluding hydrogens is 386 g/mol. The Morgan fingerprint density at radius 1 is 1.33 bits per heavy atom. The molecule has 2 saturated heterocycles. The molecule has 0 saturated carbocycles.